The first-order valence-electron chi connectivity index (χ1n) is 19.1. The highest BCUT2D eigenvalue weighted by molar-refractivity contribution is 7.53. The summed E-state index contributed by atoms with van der Waals surface area (Å²) in [6.45, 7) is 3.82. The quantitative estimate of drug-likeness (QED) is 0.0302. The van der Waals surface area contributed by atoms with Gasteiger partial charge in [0.25, 0.3) is 0 Å². The van der Waals surface area contributed by atoms with Gasteiger partial charge in [-0.3, -0.25) is 14.2 Å². The van der Waals surface area contributed by atoms with Crippen molar-refractivity contribution in [2.45, 2.75) is 200 Å². The fourth-order valence-electron chi connectivity index (χ4n) is 5.54. The number of hydrogen-bond donors (Lipinski definition) is 1. The third-order valence-electron chi connectivity index (χ3n) is 8.46. The summed E-state index contributed by atoms with van der Waals surface area (Å²) in [7, 11) is -4.13. The molecule has 0 aliphatic rings. The summed E-state index contributed by atoms with van der Waals surface area (Å²) in [5.41, 5.74) is 0. The van der Waals surface area contributed by atoms with Gasteiger partial charge in [-0.05, 0) is 12.8 Å². The molecule has 0 fully saturated rings. The average molecular weight is 675 g/mol. The molecule has 0 bridgehead atoms. The van der Waals surface area contributed by atoms with Gasteiger partial charge in [0, 0.05) is 12.8 Å². The van der Waals surface area contributed by atoms with Gasteiger partial charge in [0.15, 0.2) is 6.10 Å². The van der Waals surface area contributed by atoms with Crippen molar-refractivity contribution in [2.24, 2.45) is 0 Å². The summed E-state index contributed by atoms with van der Waals surface area (Å²) in [5, 5.41) is 0. The van der Waals surface area contributed by atoms with Crippen molar-refractivity contribution in [3.05, 3.63) is 0 Å². The first kappa shape index (κ1) is 44.8. The van der Waals surface area contributed by atoms with E-state index in [0.717, 1.165) is 32.1 Å². The minimum atomic E-state index is -4.13. The Morgan fingerprint density at radius 3 is 1.28 bits per heavy atom. The Morgan fingerprint density at radius 1 is 0.565 bits per heavy atom. The predicted molar refractivity (Wildman–Crippen MR) is 188 cm³/mol. The molecule has 9 heteroatoms. The molecule has 272 valence electrons. The molecular formula is C37H71O8P. The summed E-state index contributed by atoms with van der Waals surface area (Å²) in [6.07, 6.45) is 30.8. The van der Waals surface area contributed by atoms with Crippen LogP contribution in [0.3, 0.4) is 0 Å². The summed E-state index contributed by atoms with van der Waals surface area (Å²) >= 11 is 0. The number of carbonyl (C=O) groups excluding carboxylic acids is 3. The molecule has 8 nitrogen and oxygen atoms in total. The highest BCUT2D eigenvalue weighted by Gasteiger charge is 2.24. The Labute approximate surface area is 282 Å². The molecule has 0 saturated heterocycles. The largest absolute Gasteiger partial charge is 0.462 e. The SMILES string of the molecule is CCCCCCCCCCCCCCCC(=O)OC[C@H](COP(=O)(O)CC=O)OC(=O)CCCCCCCCCCCCCCC. The van der Waals surface area contributed by atoms with E-state index in [9.17, 15) is 23.8 Å². The monoisotopic (exact) mass is 674 g/mol. The zero-order valence-corrected chi connectivity index (χ0v) is 30.7. The molecular weight excluding hydrogens is 603 g/mol. The molecule has 0 aromatic rings. The molecule has 0 saturated carbocycles. The first-order chi connectivity index (χ1) is 22.3. The van der Waals surface area contributed by atoms with Gasteiger partial charge in [0.2, 0.25) is 0 Å². The minimum Gasteiger partial charge on any atom is -0.462 e. The fraction of sp³-hybridized carbons (Fsp3) is 0.919. The van der Waals surface area contributed by atoms with Crippen LogP contribution >= 0.6 is 7.60 Å². The number of hydrogen-bond acceptors (Lipinski definition) is 7. The molecule has 0 aliphatic carbocycles. The zero-order valence-electron chi connectivity index (χ0n) is 29.8. The number of aldehydes is 1. The van der Waals surface area contributed by atoms with Crippen molar-refractivity contribution in [3.63, 3.8) is 0 Å². The molecule has 0 aromatic carbocycles. The van der Waals surface area contributed by atoms with Gasteiger partial charge < -0.3 is 23.7 Å². The molecule has 0 heterocycles. The van der Waals surface area contributed by atoms with Crippen LogP contribution in [-0.2, 0) is 32.9 Å². The number of carbonyl (C=O) groups is 3. The summed E-state index contributed by atoms with van der Waals surface area (Å²) in [5.74, 6) is -0.840. The maximum absolute atomic E-state index is 12.5. The number of rotatable bonds is 36. The Morgan fingerprint density at radius 2 is 0.913 bits per heavy atom. The smallest absolute Gasteiger partial charge is 0.335 e. The van der Waals surface area contributed by atoms with E-state index in [1.54, 1.807) is 0 Å². The lowest BCUT2D eigenvalue weighted by molar-refractivity contribution is -0.161. The van der Waals surface area contributed by atoms with Crippen molar-refractivity contribution in [2.75, 3.05) is 19.4 Å². The summed E-state index contributed by atoms with van der Waals surface area (Å²) in [6, 6.07) is 0. The van der Waals surface area contributed by atoms with Crippen LogP contribution in [0, 0.1) is 0 Å². The summed E-state index contributed by atoms with van der Waals surface area (Å²) in [4.78, 5) is 45.2. The topological polar surface area (TPSA) is 116 Å². The van der Waals surface area contributed by atoms with Crippen LogP contribution in [0.1, 0.15) is 194 Å². The van der Waals surface area contributed by atoms with Gasteiger partial charge in [0.05, 0.1) is 6.61 Å². The van der Waals surface area contributed by atoms with E-state index in [2.05, 4.69) is 13.8 Å². The van der Waals surface area contributed by atoms with E-state index < -0.39 is 32.4 Å². The first-order valence-corrected chi connectivity index (χ1v) is 20.9. The molecule has 0 amide bonds. The van der Waals surface area contributed by atoms with E-state index in [0.29, 0.717) is 12.7 Å². The van der Waals surface area contributed by atoms with Gasteiger partial charge in [-0.2, -0.15) is 0 Å². The second-order valence-electron chi connectivity index (χ2n) is 13.1. The highest BCUT2D eigenvalue weighted by atomic mass is 31.2. The second kappa shape index (κ2) is 33.7. The van der Waals surface area contributed by atoms with E-state index in [-0.39, 0.29) is 25.4 Å². The third-order valence-corrected chi connectivity index (χ3v) is 9.63. The van der Waals surface area contributed by atoms with Gasteiger partial charge in [-0.1, -0.05) is 168 Å². The van der Waals surface area contributed by atoms with E-state index in [4.69, 9.17) is 14.0 Å². The summed E-state index contributed by atoms with van der Waals surface area (Å²) < 4.78 is 27.7. The lowest BCUT2D eigenvalue weighted by Crippen LogP contribution is -2.29. The molecule has 0 radical (unpaired) electrons. The fourth-order valence-corrected chi connectivity index (χ4v) is 6.23. The van der Waals surface area contributed by atoms with Crippen LogP contribution in [0.4, 0.5) is 0 Å². The molecule has 46 heavy (non-hydrogen) atoms. The van der Waals surface area contributed by atoms with Crippen LogP contribution in [-0.4, -0.2) is 48.6 Å². The van der Waals surface area contributed by atoms with Crippen molar-refractivity contribution in [3.8, 4) is 0 Å². The normalized spacial score (nSPS) is 13.3. The van der Waals surface area contributed by atoms with Gasteiger partial charge in [-0.15, -0.1) is 0 Å². The van der Waals surface area contributed by atoms with Crippen molar-refractivity contribution in [1.29, 1.82) is 0 Å². The van der Waals surface area contributed by atoms with Crippen molar-refractivity contribution >= 4 is 25.8 Å². The Bertz CT molecular complexity index is 760. The standard InChI is InChI=1S/C37H71O8P/c1-3-5-7-9-11-13-15-17-19-21-23-25-27-29-36(39)43-33-35(34-44-46(41,42)32-31-38)45-37(40)30-28-26-24-22-20-18-16-14-12-10-8-6-4-2/h31,35H,3-30,32-34H2,1-2H3,(H,41,42)/t35-/m1/s1. The second-order valence-corrected chi connectivity index (χ2v) is 15.0. The third kappa shape index (κ3) is 32.7. The van der Waals surface area contributed by atoms with Crippen LogP contribution in [0.15, 0.2) is 0 Å². The lowest BCUT2D eigenvalue weighted by Gasteiger charge is -2.19. The molecule has 2 atom stereocenters. The van der Waals surface area contributed by atoms with E-state index >= 15 is 0 Å². The van der Waals surface area contributed by atoms with Crippen LogP contribution in [0.5, 0.6) is 0 Å². The predicted octanol–water partition coefficient (Wildman–Crippen LogP) is 10.8. The Kier molecular flexibility index (Phi) is 32.7. The minimum absolute atomic E-state index is 0.228. The highest BCUT2D eigenvalue weighted by Crippen LogP contribution is 2.40. The van der Waals surface area contributed by atoms with Gasteiger partial charge >= 0.3 is 19.5 Å². The van der Waals surface area contributed by atoms with E-state index in [1.807, 2.05) is 0 Å². The number of unbranched alkanes of at least 4 members (excludes halogenated alkanes) is 24. The van der Waals surface area contributed by atoms with Crippen molar-refractivity contribution < 1.29 is 37.8 Å². The van der Waals surface area contributed by atoms with Gasteiger partial charge in [0.1, 0.15) is 19.1 Å². The number of esters is 2. The van der Waals surface area contributed by atoms with Crippen LogP contribution in [0.25, 0.3) is 0 Å². The maximum atomic E-state index is 12.5. The van der Waals surface area contributed by atoms with Crippen molar-refractivity contribution in [1.82, 2.24) is 0 Å². The Balaban J connectivity index is 4.11. The zero-order chi connectivity index (χ0) is 34.0. The molecule has 0 spiro atoms. The van der Waals surface area contributed by atoms with Crippen LogP contribution < -0.4 is 0 Å². The molecule has 1 N–H and O–H groups in total. The van der Waals surface area contributed by atoms with Gasteiger partial charge in [-0.25, -0.2) is 0 Å². The molecule has 0 aliphatic heterocycles. The molecule has 0 rings (SSSR count). The number of ether oxygens (including phenoxy) is 2. The van der Waals surface area contributed by atoms with E-state index in [1.165, 1.54) is 128 Å². The Hall–Kier alpha value is -1.24. The lowest BCUT2D eigenvalue weighted by atomic mass is 10.0. The average Bonchev–Trinajstić information content (AvgIpc) is 3.03. The molecule has 0 aromatic heterocycles. The molecule has 1 unspecified atom stereocenters. The maximum Gasteiger partial charge on any atom is 0.335 e. The van der Waals surface area contributed by atoms with Crippen LogP contribution in [0.2, 0.25) is 0 Å².